The van der Waals surface area contributed by atoms with Crippen LogP contribution in [0.15, 0.2) is 6.07 Å². The fourth-order valence-electron chi connectivity index (χ4n) is 1.24. The van der Waals surface area contributed by atoms with E-state index in [0.717, 1.165) is 10.6 Å². The first-order valence-electron chi connectivity index (χ1n) is 4.70. The van der Waals surface area contributed by atoms with Crippen molar-refractivity contribution in [3.63, 3.8) is 0 Å². The largest absolute Gasteiger partial charge is 0.496 e. The van der Waals surface area contributed by atoms with Crippen LogP contribution < -0.4 is 4.74 Å². The van der Waals surface area contributed by atoms with Crippen LogP contribution in [0.3, 0.4) is 0 Å². The van der Waals surface area contributed by atoms with Crippen LogP contribution in [0.5, 0.6) is 5.75 Å². The van der Waals surface area contributed by atoms with Gasteiger partial charge in [0.15, 0.2) is 0 Å². The maximum absolute atomic E-state index is 11.0. The van der Waals surface area contributed by atoms with Gasteiger partial charge in [-0.05, 0) is 18.9 Å². The molecule has 0 aliphatic heterocycles. The SMILES string of the molecule is COc1cc(C(C)C)sc1CC(C)=O. The Balaban J connectivity index is 2.96. The van der Waals surface area contributed by atoms with Gasteiger partial charge < -0.3 is 4.74 Å². The molecule has 0 aliphatic rings. The number of ketones is 1. The molecule has 0 fully saturated rings. The molecule has 3 heteroatoms. The van der Waals surface area contributed by atoms with Crippen LogP contribution in [0.1, 0.15) is 36.4 Å². The Bertz CT molecular complexity index is 326. The first-order valence-corrected chi connectivity index (χ1v) is 5.52. The minimum atomic E-state index is 0.181. The number of carbonyl (C=O) groups excluding carboxylic acids is 1. The van der Waals surface area contributed by atoms with E-state index in [1.54, 1.807) is 25.4 Å². The number of carbonyl (C=O) groups is 1. The Hall–Kier alpha value is -0.830. The highest BCUT2D eigenvalue weighted by Crippen LogP contribution is 2.33. The van der Waals surface area contributed by atoms with E-state index >= 15 is 0 Å². The van der Waals surface area contributed by atoms with Gasteiger partial charge in [-0.3, -0.25) is 4.79 Å². The summed E-state index contributed by atoms with van der Waals surface area (Å²) in [6.45, 7) is 5.89. The van der Waals surface area contributed by atoms with Crippen molar-refractivity contribution in [1.82, 2.24) is 0 Å². The highest BCUT2D eigenvalue weighted by Gasteiger charge is 2.12. The summed E-state index contributed by atoms with van der Waals surface area (Å²) in [5.41, 5.74) is 0. The Morgan fingerprint density at radius 2 is 2.21 bits per heavy atom. The number of rotatable bonds is 4. The zero-order chi connectivity index (χ0) is 10.7. The van der Waals surface area contributed by atoms with Crippen LogP contribution in [0.4, 0.5) is 0 Å². The van der Waals surface area contributed by atoms with Gasteiger partial charge in [-0.1, -0.05) is 13.8 Å². The van der Waals surface area contributed by atoms with Crippen LogP contribution in [0.25, 0.3) is 0 Å². The van der Waals surface area contributed by atoms with E-state index in [9.17, 15) is 4.79 Å². The maximum atomic E-state index is 11.0. The van der Waals surface area contributed by atoms with Crippen molar-refractivity contribution in [2.75, 3.05) is 7.11 Å². The standard InChI is InChI=1S/C11H16O2S/c1-7(2)10-6-9(13-4)11(14-10)5-8(3)12/h6-7H,5H2,1-4H3. The molecule has 1 aromatic rings. The van der Waals surface area contributed by atoms with E-state index in [-0.39, 0.29) is 5.78 Å². The summed E-state index contributed by atoms with van der Waals surface area (Å²) in [7, 11) is 1.65. The zero-order valence-electron chi connectivity index (χ0n) is 9.09. The second-order valence-corrected chi connectivity index (χ2v) is 4.84. The quantitative estimate of drug-likeness (QED) is 0.767. The van der Waals surface area contributed by atoms with Gasteiger partial charge in [-0.15, -0.1) is 11.3 Å². The van der Waals surface area contributed by atoms with E-state index in [1.807, 2.05) is 6.07 Å². The van der Waals surface area contributed by atoms with Crippen molar-refractivity contribution in [2.24, 2.45) is 0 Å². The molecule has 0 spiro atoms. The van der Waals surface area contributed by atoms with Gasteiger partial charge in [0, 0.05) is 11.3 Å². The van der Waals surface area contributed by atoms with Crippen molar-refractivity contribution < 1.29 is 9.53 Å². The molecule has 0 saturated heterocycles. The summed E-state index contributed by atoms with van der Waals surface area (Å²) < 4.78 is 5.24. The van der Waals surface area contributed by atoms with Crippen LogP contribution in [-0.2, 0) is 11.2 Å². The summed E-state index contributed by atoms with van der Waals surface area (Å²) in [6, 6.07) is 2.04. The first kappa shape index (κ1) is 11.2. The lowest BCUT2D eigenvalue weighted by Crippen LogP contribution is -1.95. The Morgan fingerprint density at radius 1 is 1.57 bits per heavy atom. The molecule has 78 valence electrons. The third-order valence-corrected chi connectivity index (χ3v) is 3.40. The van der Waals surface area contributed by atoms with Crippen LogP contribution in [0, 0.1) is 0 Å². The molecular weight excluding hydrogens is 196 g/mol. The summed E-state index contributed by atoms with van der Waals surface area (Å²) in [5, 5.41) is 0. The van der Waals surface area contributed by atoms with E-state index in [1.165, 1.54) is 4.88 Å². The topological polar surface area (TPSA) is 26.3 Å². The first-order chi connectivity index (χ1) is 6.54. The summed E-state index contributed by atoms with van der Waals surface area (Å²) in [6.07, 6.45) is 0.487. The molecule has 2 nitrogen and oxygen atoms in total. The smallest absolute Gasteiger partial charge is 0.135 e. The lowest BCUT2D eigenvalue weighted by Gasteiger charge is -1.98. The second-order valence-electron chi connectivity index (χ2n) is 3.67. The molecule has 0 unspecified atom stereocenters. The van der Waals surface area contributed by atoms with Gasteiger partial charge >= 0.3 is 0 Å². The van der Waals surface area contributed by atoms with Crippen LogP contribution in [-0.4, -0.2) is 12.9 Å². The van der Waals surface area contributed by atoms with Crippen molar-refractivity contribution in [3.05, 3.63) is 15.8 Å². The van der Waals surface area contributed by atoms with E-state index in [2.05, 4.69) is 13.8 Å². The van der Waals surface area contributed by atoms with Gasteiger partial charge in [-0.2, -0.15) is 0 Å². The highest BCUT2D eigenvalue weighted by molar-refractivity contribution is 7.12. The maximum Gasteiger partial charge on any atom is 0.135 e. The molecule has 0 atom stereocenters. The number of ether oxygens (including phenoxy) is 1. The molecule has 0 amide bonds. The number of thiophene rings is 1. The number of hydrogen-bond acceptors (Lipinski definition) is 3. The molecule has 0 aromatic carbocycles. The number of hydrogen-bond donors (Lipinski definition) is 0. The van der Waals surface area contributed by atoms with Gasteiger partial charge in [0.05, 0.1) is 12.0 Å². The Morgan fingerprint density at radius 3 is 2.64 bits per heavy atom. The lowest BCUT2D eigenvalue weighted by molar-refractivity contribution is -0.116. The van der Waals surface area contributed by atoms with E-state index < -0.39 is 0 Å². The van der Waals surface area contributed by atoms with Gasteiger partial charge in [0.2, 0.25) is 0 Å². The highest BCUT2D eigenvalue weighted by atomic mass is 32.1. The minimum absolute atomic E-state index is 0.181. The van der Waals surface area contributed by atoms with Crippen LogP contribution >= 0.6 is 11.3 Å². The van der Waals surface area contributed by atoms with Gasteiger partial charge in [0.25, 0.3) is 0 Å². The van der Waals surface area contributed by atoms with Crippen molar-refractivity contribution >= 4 is 17.1 Å². The van der Waals surface area contributed by atoms with Crippen molar-refractivity contribution in [2.45, 2.75) is 33.1 Å². The fourth-order valence-corrected chi connectivity index (χ4v) is 2.44. The normalized spacial score (nSPS) is 10.6. The van der Waals surface area contributed by atoms with Gasteiger partial charge in [-0.25, -0.2) is 0 Å². The average Bonchev–Trinajstić information content (AvgIpc) is 2.46. The zero-order valence-corrected chi connectivity index (χ0v) is 9.90. The third-order valence-electron chi connectivity index (χ3n) is 1.99. The Labute approximate surface area is 88.9 Å². The summed E-state index contributed by atoms with van der Waals surface area (Å²) >= 11 is 1.67. The minimum Gasteiger partial charge on any atom is -0.496 e. The molecule has 0 saturated carbocycles. The van der Waals surface area contributed by atoms with Crippen molar-refractivity contribution in [3.8, 4) is 5.75 Å². The van der Waals surface area contributed by atoms with Crippen molar-refractivity contribution in [1.29, 1.82) is 0 Å². The summed E-state index contributed by atoms with van der Waals surface area (Å²) in [4.78, 5) is 13.3. The molecule has 0 bridgehead atoms. The van der Waals surface area contributed by atoms with E-state index in [4.69, 9.17) is 4.74 Å². The molecular formula is C11H16O2S. The lowest BCUT2D eigenvalue weighted by atomic mass is 10.2. The predicted octanol–water partition coefficient (Wildman–Crippen LogP) is 3.01. The molecule has 1 heterocycles. The monoisotopic (exact) mass is 212 g/mol. The molecule has 0 radical (unpaired) electrons. The third kappa shape index (κ3) is 2.58. The Kier molecular flexibility index (Phi) is 3.69. The molecule has 1 aromatic heterocycles. The number of Topliss-reactive ketones (excluding diaryl/α,β-unsaturated/α-hetero) is 1. The van der Waals surface area contributed by atoms with Crippen LogP contribution in [0.2, 0.25) is 0 Å². The molecule has 1 rings (SSSR count). The van der Waals surface area contributed by atoms with Gasteiger partial charge in [0.1, 0.15) is 11.5 Å². The van der Waals surface area contributed by atoms with E-state index in [0.29, 0.717) is 12.3 Å². The molecule has 14 heavy (non-hydrogen) atoms. The number of methoxy groups -OCH3 is 1. The molecule has 0 aliphatic carbocycles. The predicted molar refractivity (Wildman–Crippen MR) is 59.3 cm³/mol. The fraction of sp³-hybridized carbons (Fsp3) is 0.545. The second kappa shape index (κ2) is 4.60. The summed E-state index contributed by atoms with van der Waals surface area (Å²) in [5.74, 6) is 1.53. The average molecular weight is 212 g/mol. The molecule has 0 N–H and O–H groups in total.